The molecule has 0 N–H and O–H groups in total. The second kappa shape index (κ2) is 6.12. The van der Waals surface area contributed by atoms with Gasteiger partial charge in [0.15, 0.2) is 5.13 Å². The summed E-state index contributed by atoms with van der Waals surface area (Å²) in [4.78, 5) is 19.5. The molecule has 2 aromatic carbocycles. The van der Waals surface area contributed by atoms with Crippen molar-refractivity contribution in [3.8, 4) is 10.4 Å². The lowest BCUT2D eigenvalue weighted by Gasteiger charge is -2.13. The van der Waals surface area contributed by atoms with Crippen molar-refractivity contribution >= 4 is 22.4 Å². The van der Waals surface area contributed by atoms with Crippen LogP contribution in [-0.2, 0) is 0 Å². The highest BCUT2D eigenvalue weighted by atomic mass is 32.1. The number of carbonyl (C=O) groups is 1. The molecule has 3 rings (SSSR count). The van der Waals surface area contributed by atoms with Crippen molar-refractivity contribution in [1.29, 1.82) is 0 Å². The van der Waals surface area contributed by atoms with E-state index in [0.717, 1.165) is 10.4 Å². The van der Waals surface area contributed by atoms with Gasteiger partial charge in [-0.05, 0) is 24.6 Å². The average molecular weight is 308 g/mol. The van der Waals surface area contributed by atoms with E-state index in [1.165, 1.54) is 16.9 Å². The number of thiazole rings is 1. The van der Waals surface area contributed by atoms with E-state index in [1.54, 1.807) is 11.9 Å². The zero-order valence-corrected chi connectivity index (χ0v) is 13.3. The molecule has 0 aliphatic rings. The van der Waals surface area contributed by atoms with Crippen LogP contribution in [0.15, 0.2) is 60.8 Å². The Morgan fingerprint density at radius 2 is 1.73 bits per heavy atom. The van der Waals surface area contributed by atoms with E-state index in [4.69, 9.17) is 0 Å². The lowest BCUT2D eigenvalue weighted by molar-refractivity contribution is 0.0993. The van der Waals surface area contributed by atoms with Crippen molar-refractivity contribution in [3.05, 3.63) is 71.9 Å². The fourth-order valence-corrected chi connectivity index (χ4v) is 3.01. The average Bonchev–Trinajstić information content (AvgIpc) is 3.05. The first-order valence-electron chi connectivity index (χ1n) is 7.01. The number of nitrogens with zero attached hydrogens (tertiary/aromatic N) is 2. The van der Waals surface area contributed by atoms with E-state index in [2.05, 4.69) is 36.2 Å². The molecular weight excluding hydrogens is 292 g/mol. The number of aromatic nitrogens is 1. The molecule has 1 aromatic heterocycles. The van der Waals surface area contributed by atoms with E-state index < -0.39 is 0 Å². The fourth-order valence-electron chi connectivity index (χ4n) is 2.13. The largest absolute Gasteiger partial charge is 0.287 e. The Kier molecular flexibility index (Phi) is 4.02. The van der Waals surface area contributed by atoms with Gasteiger partial charge >= 0.3 is 0 Å². The molecule has 0 atom stereocenters. The van der Waals surface area contributed by atoms with Gasteiger partial charge in [-0.1, -0.05) is 59.4 Å². The van der Waals surface area contributed by atoms with Crippen molar-refractivity contribution < 1.29 is 4.79 Å². The highest BCUT2D eigenvalue weighted by Crippen LogP contribution is 2.31. The standard InChI is InChI=1S/C18H16N2OS/c1-13-8-10-14(11-9-13)16-12-19-18(22-16)20(2)17(21)15-6-4-3-5-7-15/h3-12H,1-2H3. The van der Waals surface area contributed by atoms with Crippen LogP contribution in [0.25, 0.3) is 10.4 Å². The van der Waals surface area contributed by atoms with Gasteiger partial charge in [-0.3, -0.25) is 9.69 Å². The van der Waals surface area contributed by atoms with Crippen LogP contribution in [0.5, 0.6) is 0 Å². The minimum absolute atomic E-state index is 0.0505. The minimum Gasteiger partial charge on any atom is -0.287 e. The molecule has 1 amide bonds. The van der Waals surface area contributed by atoms with Crippen molar-refractivity contribution in [1.82, 2.24) is 4.98 Å². The van der Waals surface area contributed by atoms with Crippen LogP contribution in [0.3, 0.4) is 0 Å². The molecule has 1 heterocycles. The van der Waals surface area contributed by atoms with Gasteiger partial charge in [-0.2, -0.15) is 0 Å². The van der Waals surface area contributed by atoms with Gasteiger partial charge in [0.1, 0.15) is 0 Å². The van der Waals surface area contributed by atoms with Crippen LogP contribution < -0.4 is 4.90 Å². The summed E-state index contributed by atoms with van der Waals surface area (Å²) >= 11 is 1.52. The summed E-state index contributed by atoms with van der Waals surface area (Å²) in [5, 5.41) is 0.699. The molecule has 4 heteroatoms. The van der Waals surface area contributed by atoms with Gasteiger partial charge < -0.3 is 0 Å². The molecule has 0 saturated heterocycles. The third-order valence-electron chi connectivity index (χ3n) is 3.44. The van der Waals surface area contributed by atoms with Crippen molar-refractivity contribution in [3.63, 3.8) is 0 Å². The lowest BCUT2D eigenvalue weighted by Crippen LogP contribution is -2.25. The normalized spacial score (nSPS) is 10.5. The Morgan fingerprint density at radius 1 is 1.05 bits per heavy atom. The van der Waals surface area contributed by atoms with E-state index in [1.807, 2.05) is 36.5 Å². The van der Waals surface area contributed by atoms with Gasteiger partial charge in [-0.15, -0.1) is 0 Å². The number of anilines is 1. The monoisotopic (exact) mass is 308 g/mol. The van der Waals surface area contributed by atoms with Gasteiger partial charge in [0.05, 0.1) is 4.88 Å². The number of benzene rings is 2. The molecule has 0 bridgehead atoms. The fraction of sp³-hybridized carbons (Fsp3) is 0.111. The quantitative estimate of drug-likeness (QED) is 0.718. The van der Waals surface area contributed by atoms with E-state index in [9.17, 15) is 4.79 Å². The van der Waals surface area contributed by atoms with E-state index in [-0.39, 0.29) is 5.91 Å². The Labute approximate surface area is 133 Å². The number of carbonyl (C=O) groups excluding carboxylic acids is 1. The first-order chi connectivity index (χ1) is 10.6. The van der Waals surface area contributed by atoms with Crippen LogP contribution in [-0.4, -0.2) is 17.9 Å². The Balaban J connectivity index is 1.84. The SMILES string of the molecule is Cc1ccc(-c2cnc(N(C)C(=O)c3ccccc3)s2)cc1. The third kappa shape index (κ3) is 2.92. The van der Waals surface area contributed by atoms with Crippen LogP contribution in [0.1, 0.15) is 15.9 Å². The van der Waals surface area contributed by atoms with Gasteiger partial charge in [0, 0.05) is 18.8 Å². The highest BCUT2D eigenvalue weighted by molar-refractivity contribution is 7.19. The van der Waals surface area contributed by atoms with Crippen LogP contribution in [0.2, 0.25) is 0 Å². The highest BCUT2D eigenvalue weighted by Gasteiger charge is 2.16. The molecule has 0 fully saturated rings. The van der Waals surface area contributed by atoms with E-state index in [0.29, 0.717) is 10.7 Å². The Hall–Kier alpha value is -2.46. The molecule has 0 aliphatic carbocycles. The van der Waals surface area contributed by atoms with Crippen LogP contribution in [0, 0.1) is 6.92 Å². The zero-order valence-electron chi connectivity index (χ0n) is 12.5. The van der Waals surface area contributed by atoms with Crippen molar-refractivity contribution in [2.24, 2.45) is 0 Å². The summed E-state index contributed by atoms with van der Waals surface area (Å²) in [5.41, 5.74) is 3.01. The molecule has 110 valence electrons. The molecule has 3 nitrogen and oxygen atoms in total. The smallest absolute Gasteiger partial charge is 0.259 e. The molecule has 3 aromatic rings. The minimum atomic E-state index is -0.0505. The Bertz CT molecular complexity index is 778. The summed E-state index contributed by atoms with van der Waals surface area (Å²) in [6, 6.07) is 17.6. The first-order valence-corrected chi connectivity index (χ1v) is 7.83. The summed E-state index contributed by atoms with van der Waals surface area (Å²) in [6.45, 7) is 2.06. The maximum absolute atomic E-state index is 12.4. The number of hydrogen-bond acceptors (Lipinski definition) is 3. The molecule has 22 heavy (non-hydrogen) atoms. The summed E-state index contributed by atoms with van der Waals surface area (Å²) < 4.78 is 0. The number of amides is 1. The number of aryl methyl sites for hydroxylation is 1. The van der Waals surface area contributed by atoms with Crippen molar-refractivity contribution in [2.75, 3.05) is 11.9 Å². The summed E-state index contributed by atoms with van der Waals surface area (Å²) in [7, 11) is 1.76. The first kappa shape index (κ1) is 14.5. The second-order valence-corrected chi connectivity index (χ2v) is 6.11. The topological polar surface area (TPSA) is 33.2 Å². The lowest BCUT2D eigenvalue weighted by atomic mass is 10.1. The molecule has 0 unspecified atom stereocenters. The second-order valence-electron chi connectivity index (χ2n) is 5.10. The maximum atomic E-state index is 12.4. The molecule has 0 aliphatic heterocycles. The van der Waals surface area contributed by atoms with Crippen molar-refractivity contribution in [2.45, 2.75) is 6.92 Å². The van der Waals surface area contributed by atoms with Gasteiger partial charge in [-0.25, -0.2) is 4.98 Å². The van der Waals surface area contributed by atoms with Crippen LogP contribution >= 0.6 is 11.3 Å². The summed E-state index contributed by atoms with van der Waals surface area (Å²) in [6.07, 6.45) is 1.82. The predicted octanol–water partition coefficient (Wildman–Crippen LogP) is 4.40. The third-order valence-corrected chi connectivity index (χ3v) is 4.56. The van der Waals surface area contributed by atoms with E-state index >= 15 is 0 Å². The molecule has 0 radical (unpaired) electrons. The van der Waals surface area contributed by atoms with Gasteiger partial charge in [0.25, 0.3) is 5.91 Å². The Morgan fingerprint density at radius 3 is 2.41 bits per heavy atom. The molecular formula is C18H16N2OS. The molecule has 0 saturated carbocycles. The summed E-state index contributed by atoms with van der Waals surface area (Å²) in [5.74, 6) is -0.0505. The zero-order chi connectivity index (χ0) is 15.5. The number of hydrogen-bond donors (Lipinski definition) is 0. The maximum Gasteiger partial charge on any atom is 0.259 e. The predicted molar refractivity (Wildman–Crippen MR) is 91.5 cm³/mol. The molecule has 0 spiro atoms. The van der Waals surface area contributed by atoms with Gasteiger partial charge in [0.2, 0.25) is 0 Å². The number of rotatable bonds is 3. The van der Waals surface area contributed by atoms with Crippen LogP contribution in [0.4, 0.5) is 5.13 Å².